The van der Waals surface area contributed by atoms with Crippen LogP contribution in [0.15, 0.2) is 54.6 Å². The van der Waals surface area contributed by atoms with Crippen molar-refractivity contribution in [2.45, 2.75) is 13.3 Å². The number of carbonyl (C=O) groups is 2. The number of aromatic hydroxyl groups is 2. The number of ketones is 1. The van der Waals surface area contributed by atoms with E-state index in [9.17, 15) is 19.8 Å². The Hall–Kier alpha value is -3.34. The van der Waals surface area contributed by atoms with Crippen molar-refractivity contribution in [1.82, 2.24) is 0 Å². The molecule has 0 aliphatic heterocycles. The Bertz CT molecular complexity index is 975. The van der Waals surface area contributed by atoms with Gasteiger partial charge in [-0.2, -0.15) is 0 Å². The molecule has 0 radical (unpaired) electrons. The van der Waals surface area contributed by atoms with Crippen LogP contribution < -0.4 is 4.74 Å². The number of esters is 1. The molecule has 3 rings (SSSR count). The van der Waals surface area contributed by atoms with Gasteiger partial charge in [-0.3, -0.25) is 4.79 Å². The topological polar surface area (TPSA) is 83.8 Å². The van der Waals surface area contributed by atoms with Gasteiger partial charge in [0.05, 0.1) is 11.1 Å². The van der Waals surface area contributed by atoms with Crippen LogP contribution in [0, 0.1) is 0 Å². The Kier molecular flexibility index (Phi) is 4.39. The maximum Gasteiger partial charge on any atom is 0.343 e. The molecule has 0 aromatic heterocycles. The van der Waals surface area contributed by atoms with Crippen molar-refractivity contribution < 1.29 is 24.5 Å². The highest BCUT2D eigenvalue weighted by Gasteiger charge is 2.16. The Labute approximate surface area is 144 Å². The average molecular weight is 336 g/mol. The predicted octanol–water partition coefficient (Wildman–Crippen LogP) is 4.06. The number of phenolic OH excluding ortho intramolecular Hbond substituents is 2. The summed E-state index contributed by atoms with van der Waals surface area (Å²) in [4.78, 5) is 24.4. The van der Waals surface area contributed by atoms with Crippen molar-refractivity contribution in [2.75, 3.05) is 0 Å². The fourth-order valence-corrected chi connectivity index (χ4v) is 2.53. The number of carbonyl (C=O) groups excluding carboxylic acids is 2. The van der Waals surface area contributed by atoms with Gasteiger partial charge in [0.1, 0.15) is 17.2 Å². The molecule has 0 saturated carbocycles. The molecule has 0 aliphatic carbocycles. The number of hydrogen-bond donors (Lipinski definition) is 2. The molecule has 0 atom stereocenters. The molecule has 5 nitrogen and oxygen atoms in total. The zero-order valence-corrected chi connectivity index (χ0v) is 13.5. The number of ether oxygens (including phenoxy) is 1. The van der Waals surface area contributed by atoms with Crippen molar-refractivity contribution in [1.29, 1.82) is 0 Å². The highest BCUT2D eigenvalue weighted by atomic mass is 16.5. The number of rotatable bonds is 4. The van der Waals surface area contributed by atoms with E-state index in [1.807, 2.05) is 0 Å². The van der Waals surface area contributed by atoms with Gasteiger partial charge in [0.15, 0.2) is 5.78 Å². The third-order valence-electron chi connectivity index (χ3n) is 3.85. The Morgan fingerprint density at radius 3 is 2.28 bits per heavy atom. The van der Waals surface area contributed by atoms with Gasteiger partial charge in [0.25, 0.3) is 0 Å². The summed E-state index contributed by atoms with van der Waals surface area (Å²) in [6.07, 6.45) is 0.230. The first kappa shape index (κ1) is 16.5. The van der Waals surface area contributed by atoms with Crippen molar-refractivity contribution in [3.8, 4) is 17.2 Å². The van der Waals surface area contributed by atoms with E-state index in [2.05, 4.69) is 0 Å². The van der Waals surface area contributed by atoms with Crippen LogP contribution in [0.1, 0.15) is 34.1 Å². The summed E-state index contributed by atoms with van der Waals surface area (Å²) in [6, 6.07) is 13.8. The molecule has 0 aliphatic rings. The van der Waals surface area contributed by atoms with Crippen molar-refractivity contribution in [3.63, 3.8) is 0 Å². The molecule has 0 bridgehead atoms. The van der Waals surface area contributed by atoms with Gasteiger partial charge in [0, 0.05) is 6.42 Å². The highest BCUT2D eigenvalue weighted by Crippen LogP contribution is 2.27. The van der Waals surface area contributed by atoms with Gasteiger partial charge in [-0.25, -0.2) is 4.79 Å². The molecule has 0 heterocycles. The van der Waals surface area contributed by atoms with Crippen LogP contribution in [0.3, 0.4) is 0 Å². The maximum absolute atomic E-state index is 12.4. The second-order valence-electron chi connectivity index (χ2n) is 5.59. The van der Waals surface area contributed by atoms with E-state index >= 15 is 0 Å². The molecular formula is C20H16O5. The van der Waals surface area contributed by atoms with Gasteiger partial charge in [-0.15, -0.1) is 0 Å². The van der Waals surface area contributed by atoms with Crippen molar-refractivity contribution in [3.05, 3.63) is 65.7 Å². The maximum atomic E-state index is 12.4. The number of Topliss-reactive ketones (excluding diaryl/α,β-unsaturated/α-hetero) is 1. The Balaban J connectivity index is 1.92. The largest absolute Gasteiger partial charge is 0.508 e. The molecule has 126 valence electrons. The third-order valence-corrected chi connectivity index (χ3v) is 3.85. The van der Waals surface area contributed by atoms with Gasteiger partial charge >= 0.3 is 5.97 Å². The minimum Gasteiger partial charge on any atom is -0.508 e. The monoisotopic (exact) mass is 336 g/mol. The van der Waals surface area contributed by atoms with E-state index in [0.29, 0.717) is 5.56 Å². The van der Waals surface area contributed by atoms with Gasteiger partial charge in [-0.05, 0) is 53.2 Å². The van der Waals surface area contributed by atoms with Crippen LogP contribution in [-0.4, -0.2) is 22.0 Å². The lowest BCUT2D eigenvalue weighted by Crippen LogP contribution is -2.11. The first-order valence-electron chi connectivity index (χ1n) is 7.79. The summed E-state index contributed by atoms with van der Waals surface area (Å²) in [7, 11) is 0. The third kappa shape index (κ3) is 3.45. The van der Waals surface area contributed by atoms with Crippen molar-refractivity contribution >= 4 is 22.5 Å². The lowest BCUT2D eigenvalue weighted by molar-refractivity contribution is 0.0732. The van der Waals surface area contributed by atoms with Crippen LogP contribution >= 0.6 is 0 Å². The summed E-state index contributed by atoms with van der Waals surface area (Å²) in [5.41, 5.74) is 0.489. The van der Waals surface area contributed by atoms with E-state index in [4.69, 9.17) is 4.74 Å². The number of phenols is 2. The van der Waals surface area contributed by atoms with E-state index in [1.54, 1.807) is 37.3 Å². The number of fused-ring (bicyclic) bond motifs is 1. The quantitative estimate of drug-likeness (QED) is 0.426. The smallest absolute Gasteiger partial charge is 0.343 e. The molecule has 0 fully saturated rings. The fraction of sp³-hybridized carbons (Fsp3) is 0.100. The first-order valence-corrected chi connectivity index (χ1v) is 7.79. The second-order valence-corrected chi connectivity index (χ2v) is 5.59. The summed E-state index contributed by atoms with van der Waals surface area (Å²) >= 11 is 0. The molecule has 5 heteroatoms. The van der Waals surface area contributed by atoms with Crippen LogP contribution in [-0.2, 0) is 0 Å². The summed E-state index contributed by atoms with van der Waals surface area (Å²) in [6.45, 7) is 1.69. The molecule has 0 saturated heterocycles. The predicted molar refractivity (Wildman–Crippen MR) is 93.3 cm³/mol. The molecule has 0 spiro atoms. The Morgan fingerprint density at radius 1 is 0.880 bits per heavy atom. The molecule has 25 heavy (non-hydrogen) atoms. The normalized spacial score (nSPS) is 10.6. The molecule has 0 amide bonds. The zero-order valence-electron chi connectivity index (χ0n) is 13.5. The summed E-state index contributed by atoms with van der Waals surface area (Å²) < 4.78 is 5.36. The highest BCUT2D eigenvalue weighted by molar-refractivity contribution is 6.01. The molecule has 0 unspecified atom stereocenters. The van der Waals surface area contributed by atoms with Gasteiger partial charge in [-0.1, -0.05) is 19.1 Å². The van der Waals surface area contributed by atoms with Crippen LogP contribution in [0.5, 0.6) is 17.2 Å². The van der Waals surface area contributed by atoms with Crippen LogP contribution in [0.4, 0.5) is 0 Å². The average Bonchev–Trinajstić information content (AvgIpc) is 2.61. The fourth-order valence-electron chi connectivity index (χ4n) is 2.53. The zero-order chi connectivity index (χ0) is 18.0. The molecule has 3 aromatic carbocycles. The first-order chi connectivity index (χ1) is 12.0. The van der Waals surface area contributed by atoms with Gasteiger partial charge in [0.2, 0.25) is 0 Å². The Morgan fingerprint density at radius 2 is 1.52 bits per heavy atom. The van der Waals surface area contributed by atoms with E-state index < -0.39 is 5.97 Å². The van der Waals surface area contributed by atoms with Crippen LogP contribution in [0.25, 0.3) is 10.8 Å². The minimum atomic E-state index is -0.606. The lowest BCUT2D eigenvalue weighted by Gasteiger charge is -2.10. The number of benzene rings is 3. The van der Waals surface area contributed by atoms with E-state index in [1.165, 1.54) is 24.3 Å². The van der Waals surface area contributed by atoms with Crippen molar-refractivity contribution in [2.24, 2.45) is 0 Å². The minimum absolute atomic E-state index is 0.0675. The summed E-state index contributed by atoms with van der Waals surface area (Å²) in [5.74, 6) is -0.643. The standard InChI is InChI=1S/C20H16O5/c1-2-18(23)17-11-16(22)7-8-19(17)25-20(24)14-4-3-13-10-15(21)6-5-12(13)9-14/h3-11,21-22H,2H2,1H3. The second kappa shape index (κ2) is 6.65. The van der Waals surface area contributed by atoms with E-state index in [-0.39, 0.29) is 35.0 Å². The SMILES string of the molecule is CCC(=O)c1cc(O)ccc1OC(=O)c1ccc2cc(O)ccc2c1. The van der Waals surface area contributed by atoms with E-state index in [0.717, 1.165) is 10.8 Å². The molecular weight excluding hydrogens is 320 g/mol. The molecule has 2 N–H and O–H groups in total. The number of hydrogen-bond acceptors (Lipinski definition) is 5. The summed E-state index contributed by atoms with van der Waals surface area (Å²) in [5, 5.41) is 20.6. The van der Waals surface area contributed by atoms with Crippen LogP contribution in [0.2, 0.25) is 0 Å². The lowest BCUT2D eigenvalue weighted by atomic mass is 10.1. The molecule has 3 aromatic rings. The van der Waals surface area contributed by atoms with Gasteiger partial charge < -0.3 is 14.9 Å².